The topological polar surface area (TPSA) is 0 Å². The third-order valence-electron chi connectivity index (χ3n) is 6.68. The highest BCUT2D eigenvalue weighted by Gasteiger charge is 2.55. The molecule has 0 saturated heterocycles. The van der Waals surface area contributed by atoms with Gasteiger partial charge in [0.25, 0.3) is 0 Å². The first-order valence-corrected chi connectivity index (χ1v) is 11.1. The molecule has 1 fully saturated rings. The zero-order chi connectivity index (χ0) is 21.1. The first kappa shape index (κ1) is 22.8. The highest BCUT2D eigenvalue weighted by atomic mass is 32.1. The van der Waals surface area contributed by atoms with Gasteiger partial charge in [-0.25, -0.2) is 0 Å². The lowest BCUT2D eigenvalue weighted by Gasteiger charge is -2.48. The van der Waals surface area contributed by atoms with Crippen molar-refractivity contribution in [2.24, 2.45) is 17.3 Å². The van der Waals surface area contributed by atoms with E-state index in [-0.39, 0.29) is 0 Å². The lowest BCUT2D eigenvalue weighted by atomic mass is 9.56. The number of hydrogen-bond acceptors (Lipinski definition) is 1. The Labute approximate surface area is 179 Å². The Morgan fingerprint density at radius 3 is 2.46 bits per heavy atom. The molecule has 0 aliphatic heterocycles. The summed E-state index contributed by atoms with van der Waals surface area (Å²) in [5.41, 5.74) is 7.94. The van der Waals surface area contributed by atoms with Gasteiger partial charge < -0.3 is 0 Å². The maximum absolute atomic E-state index is 4.55. The molecule has 2 aliphatic rings. The molecule has 0 aromatic rings. The molecule has 0 radical (unpaired) electrons. The zero-order valence-electron chi connectivity index (χ0n) is 18.5. The molecule has 0 amide bonds. The number of thiol groups is 1. The van der Waals surface area contributed by atoms with E-state index in [1.165, 1.54) is 35.1 Å². The van der Waals surface area contributed by atoms with Crippen molar-refractivity contribution in [2.45, 2.75) is 65.6 Å². The van der Waals surface area contributed by atoms with Crippen molar-refractivity contribution in [3.05, 3.63) is 83.6 Å². The van der Waals surface area contributed by atoms with Crippen LogP contribution in [-0.4, -0.2) is 5.25 Å². The predicted octanol–water partition coefficient (Wildman–Crippen LogP) is 8.19. The number of fused-ring (bicyclic) bond motifs is 1. The molecule has 28 heavy (non-hydrogen) atoms. The van der Waals surface area contributed by atoms with Gasteiger partial charge in [0.15, 0.2) is 0 Å². The van der Waals surface area contributed by atoms with Gasteiger partial charge in [0.05, 0.1) is 0 Å². The van der Waals surface area contributed by atoms with Gasteiger partial charge in [-0.3, -0.25) is 0 Å². The van der Waals surface area contributed by atoms with Gasteiger partial charge in [-0.15, -0.1) is 0 Å². The third-order valence-corrected chi connectivity index (χ3v) is 6.93. The van der Waals surface area contributed by atoms with Gasteiger partial charge in [0, 0.05) is 5.92 Å². The minimum Gasteiger partial charge on any atom is -0.176 e. The predicted molar refractivity (Wildman–Crippen MR) is 130 cm³/mol. The SMILES string of the molecule is C=C(C)C(=C)/C=C\C1=C(C)C(C(=C)/C=C(\C=C/C)CCC(C)S)C2(C)CCC12. The molecule has 0 N–H and O–H groups in total. The van der Waals surface area contributed by atoms with Crippen molar-refractivity contribution in [1.29, 1.82) is 0 Å². The second-order valence-corrected chi connectivity index (χ2v) is 9.87. The molecular weight excluding hydrogens is 356 g/mol. The largest absolute Gasteiger partial charge is 0.176 e. The smallest absolute Gasteiger partial charge is 0.0105 e. The summed E-state index contributed by atoms with van der Waals surface area (Å²) in [5.74, 6) is 1.07. The van der Waals surface area contributed by atoms with Gasteiger partial charge in [0.1, 0.15) is 0 Å². The molecule has 0 bridgehead atoms. The highest BCUT2D eigenvalue weighted by Crippen LogP contribution is 2.64. The van der Waals surface area contributed by atoms with Gasteiger partial charge in [-0.05, 0) is 85.3 Å². The Morgan fingerprint density at radius 2 is 1.96 bits per heavy atom. The Balaban J connectivity index is 2.31. The fourth-order valence-electron chi connectivity index (χ4n) is 4.93. The molecule has 152 valence electrons. The molecule has 0 aromatic heterocycles. The second-order valence-electron chi connectivity index (χ2n) is 8.99. The standard InChI is InChI=1S/C27H38S/c1-9-10-23(13-12-21(6)28)17-20(5)26-22(7)24(14-11-19(4)18(2)3)25-15-16-27(25,26)8/h9-11,14,17,21,25-26,28H,2,4-5,12-13,15-16H2,1,3,6-8H3/b10-9-,14-11-,23-17+. The Kier molecular flexibility index (Phi) is 7.62. The van der Waals surface area contributed by atoms with Crippen LogP contribution in [0.25, 0.3) is 0 Å². The van der Waals surface area contributed by atoms with Crippen LogP contribution in [0.5, 0.6) is 0 Å². The van der Waals surface area contributed by atoms with Crippen molar-refractivity contribution < 1.29 is 0 Å². The quantitative estimate of drug-likeness (QED) is 0.296. The van der Waals surface area contributed by atoms with Crippen LogP contribution in [0.15, 0.2) is 83.6 Å². The minimum absolute atomic E-state index is 0.305. The molecule has 0 nitrogen and oxygen atoms in total. The fourth-order valence-corrected chi connectivity index (χ4v) is 5.06. The average molecular weight is 395 g/mol. The van der Waals surface area contributed by atoms with Gasteiger partial charge in [0.2, 0.25) is 0 Å². The van der Waals surface area contributed by atoms with E-state index in [4.69, 9.17) is 0 Å². The van der Waals surface area contributed by atoms with Crippen molar-refractivity contribution in [3.8, 4) is 0 Å². The summed E-state index contributed by atoms with van der Waals surface area (Å²) in [7, 11) is 0. The van der Waals surface area contributed by atoms with Gasteiger partial charge >= 0.3 is 0 Å². The first-order valence-electron chi connectivity index (χ1n) is 10.6. The molecular formula is C27H38S. The third kappa shape index (κ3) is 4.74. The highest BCUT2D eigenvalue weighted by molar-refractivity contribution is 7.80. The molecule has 0 aromatic carbocycles. The molecule has 2 aliphatic carbocycles. The summed E-state index contributed by atoms with van der Waals surface area (Å²) in [4.78, 5) is 0. The molecule has 0 spiro atoms. The lowest BCUT2D eigenvalue weighted by Crippen LogP contribution is -2.40. The first-order chi connectivity index (χ1) is 13.1. The summed E-state index contributed by atoms with van der Waals surface area (Å²) in [6.07, 6.45) is 15.8. The molecule has 0 heterocycles. The van der Waals surface area contributed by atoms with E-state index in [0.29, 0.717) is 22.5 Å². The van der Waals surface area contributed by atoms with Crippen LogP contribution >= 0.6 is 12.6 Å². The monoisotopic (exact) mass is 394 g/mol. The summed E-state index contributed by atoms with van der Waals surface area (Å²) in [5, 5.41) is 0.418. The van der Waals surface area contributed by atoms with E-state index >= 15 is 0 Å². The van der Waals surface area contributed by atoms with Gasteiger partial charge in [-0.2, -0.15) is 12.6 Å². The number of allylic oxidation sites excluding steroid dienone is 11. The lowest BCUT2D eigenvalue weighted by molar-refractivity contribution is 0.0671. The van der Waals surface area contributed by atoms with E-state index in [9.17, 15) is 0 Å². The van der Waals surface area contributed by atoms with E-state index in [2.05, 4.69) is 90.4 Å². The Morgan fingerprint density at radius 1 is 1.29 bits per heavy atom. The van der Waals surface area contributed by atoms with Crippen LogP contribution in [-0.2, 0) is 0 Å². The number of hydrogen-bond donors (Lipinski definition) is 1. The van der Waals surface area contributed by atoms with Crippen LogP contribution in [0.2, 0.25) is 0 Å². The van der Waals surface area contributed by atoms with Crippen LogP contribution in [0.3, 0.4) is 0 Å². The molecule has 1 saturated carbocycles. The maximum atomic E-state index is 4.55. The van der Waals surface area contributed by atoms with Crippen molar-refractivity contribution in [2.75, 3.05) is 0 Å². The summed E-state index contributed by atoms with van der Waals surface area (Å²) >= 11 is 4.55. The van der Waals surface area contributed by atoms with E-state index in [1.54, 1.807) is 0 Å². The van der Waals surface area contributed by atoms with Crippen LogP contribution < -0.4 is 0 Å². The normalized spacial score (nSPS) is 28.6. The summed E-state index contributed by atoms with van der Waals surface area (Å²) < 4.78 is 0. The van der Waals surface area contributed by atoms with Crippen molar-refractivity contribution in [1.82, 2.24) is 0 Å². The van der Waals surface area contributed by atoms with E-state index in [0.717, 1.165) is 24.0 Å². The van der Waals surface area contributed by atoms with Crippen molar-refractivity contribution >= 4 is 12.6 Å². The van der Waals surface area contributed by atoms with Crippen LogP contribution in [0.4, 0.5) is 0 Å². The minimum atomic E-state index is 0.305. The summed E-state index contributed by atoms with van der Waals surface area (Å²) in [6.45, 7) is 23.7. The van der Waals surface area contributed by atoms with E-state index < -0.39 is 0 Å². The molecule has 2 rings (SSSR count). The van der Waals surface area contributed by atoms with Gasteiger partial charge in [-0.1, -0.05) is 75.1 Å². The Bertz CT molecular complexity index is 768. The second kappa shape index (κ2) is 9.35. The summed E-state index contributed by atoms with van der Waals surface area (Å²) in [6, 6.07) is 0. The maximum Gasteiger partial charge on any atom is 0.0105 e. The fraction of sp³-hybridized carbons (Fsp3) is 0.481. The molecule has 4 atom stereocenters. The molecule has 1 heteroatoms. The van der Waals surface area contributed by atoms with Crippen LogP contribution in [0.1, 0.15) is 60.3 Å². The van der Waals surface area contributed by atoms with Crippen LogP contribution in [0, 0.1) is 17.3 Å². The molecule has 4 unspecified atom stereocenters. The zero-order valence-corrected chi connectivity index (χ0v) is 19.4. The number of rotatable bonds is 9. The van der Waals surface area contributed by atoms with Crippen molar-refractivity contribution in [3.63, 3.8) is 0 Å². The Hall–Kier alpha value is -1.47. The average Bonchev–Trinajstić information content (AvgIpc) is 2.74. The van der Waals surface area contributed by atoms with E-state index in [1.807, 2.05) is 6.92 Å².